The Morgan fingerprint density at radius 2 is 2.04 bits per heavy atom. The molecule has 0 aliphatic heterocycles. The minimum absolute atomic E-state index is 0.0614. The maximum absolute atomic E-state index is 13.3. The number of alkyl halides is 2. The number of ether oxygens (including phenoxy) is 1. The van der Waals surface area contributed by atoms with Gasteiger partial charge in [-0.2, -0.15) is 0 Å². The Morgan fingerprint density at radius 3 is 2.67 bits per heavy atom. The zero-order chi connectivity index (χ0) is 17.5. The topological polar surface area (TPSA) is 85.4 Å². The Balaban J connectivity index is 2.00. The molecule has 0 spiro atoms. The van der Waals surface area contributed by atoms with Crippen LogP contribution in [0.2, 0.25) is 0 Å². The number of nitrogen functional groups attached to an aromatic ring is 1. The number of hydrogen-bond donors (Lipinski definition) is 2. The Hall–Kier alpha value is -2.44. The minimum atomic E-state index is -2.63. The molecule has 1 aromatic carbocycles. The van der Waals surface area contributed by atoms with Crippen molar-refractivity contribution >= 4 is 22.6 Å². The summed E-state index contributed by atoms with van der Waals surface area (Å²) in [6, 6.07) is 5.10. The number of hydrogen-bond acceptors (Lipinski definition) is 4. The second-order valence-electron chi connectivity index (χ2n) is 6.11. The number of aromatic carboxylic acids is 1. The van der Waals surface area contributed by atoms with E-state index in [4.69, 9.17) is 10.5 Å². The lowest BCUT2D eigenvalue weighted by atomic mass is 9.94. The predicted octanol–water partition coefficient (Wildman–Crippen LogP) is 3.78. The van der Waals surface area contributed by atoms with Crippen LogP contribution in [0.4, 0.5) is 14.5 Å². The van der Waals surface area contributed by atoms with Gasteiger partial charge in [0.25, 0.3) is 0 Å². The van der Waals surface area contributed by atoms with Crippen molar-refractivity contribution in [3.63, 3.8) is 0 Å². The molecule has 5 nitrogen and oxygen atoms in total. The first-order chi connectivity index (χ1) is 11.3. The average molecular weight is 336 g/mol. The number of aromatic nitrogens is 1. The van der Waals surface area contributed by atoms with Crippen LogP contribution in [-0.2, 0) is 0 Å². The van der Waals surface area contributed by atoms with Crippen LogP contribution in [0.1, 0.15) is 41.7 Å². The van der Waals surface area contributed by atoms with Crippen molar-refractivity contribution < 1.29 is 23.4 Å². The molecule has 0 bridgehead atoms. The van der Waals surface area contributed by atoms with Crippen molar-refractivity contribution in [2.45, 2.75) is 44.6 Å². The monoisotopic (exact) mass is 336 g/mol. The molecule has 1 aromatic heterocycles. The summed E-state index contributed by atoms with van der Waals surface area (Å²) in [6.07, 6.45) is -0.280. The van der Waals surface area contributed by atoms with Gasteiger partial charge in [-0.3, -0.25) is 4.98 Å². The smallest absolute Gasteiger partial charge is 0.339 e. The van der Waals surface area contributed by atoms with Crippen LogP contribution in [0.25, 0.3) is 10.9 Å². The first-order valence-corrected chi connectivity index (χ1v) is 7.75. The fourth-order valence-corrected chi connectivity index (χ4v) is 3.12. The molecule has 3 rings (SSSR count). The summed E-state index contributed by atoms with van der Waals surface area (Å²) in [5.74, 6) is -3.41. The molecule has 24 heavy (non-hydrogen) atoms. The van der Waals surface area contributed by atoms with Crippen LogP contribution in [0.5, 0.6) is 5.75 Å². The van der Waals surface area contributed by atoms with E-state index in [-0.39, 0.29) is 43.0 Å². The summed E-state index contributed by atoms with van der Waals surface area (Å²) >= 11 is 0. The maximum atomic E-state index is 13.3. The van der Waals surface area contributed by atoms with Crippen LogP contribution in [0, 0.1) is 6.92 Å². The highest BCUT2D eigenvalue weighted by Gasteiger charge is 2.36. The minimum Gasteiger partial charge on any atom is -0.490 e. The van der Waals surface area contributed by atoms with Gasteiger partial charge in [-0.05, 0) is 31.9 Å². The van der Waals surface area contributed by atoms with E-state index in [0.717, 1.165) is 0 Å². The number of carboxylic acid groups (broad SMARTS) is 1. The zero-order valence-electron chi connectivity index (χ0n) is 13.2. The largest absolute Gasteiger partial charge is 0.490 e. The van der Waals surface area contributed by atoms with Crippen molar-refractivity contribution in [2.75, 3.05) is 5.73 Å². The molecular weight excluding hydrogens is 318 g/mol. The van der Waals surface area contributed by atoms with Crippen LogP contribution < -0.4 is 10.5 Å². The lowest BCUT2D eigenvalue weighted by Gasteiger charge is -2.29. The van der Waals surface area contributed by atoms with Crippen molar-refractivity contribution in [3.8, 4) is 5.75 Å². The highest BCUT2D eigenvalue weighted by Crippen LogP contribution is 2.38. The lowest BCUT2D eigenvalue weighted by molar-refractivity contribution is -0.0580. The maximum Gasteiger partial charge on any atom is 0.339 e. The SMILES string of the molecule is Cc1nc2cccc(OC3CCC(F)(F)CC3)c2c(N)c1C(=O)O. The molecule has 3 N–H and O–H groups in total. The van der Waals surface area contributed by atoms with E-state index in [1.54, 1.807) is 25.1 Å². The first-order valence-electron chi connectivity index (χ1n) is 7.75. The quantitative estimate of drug-likeness (QED) is 0.891. The molecule has 1 saturated carbocycles. The van der Waals surface area contributed by atoms with Gasteiger partial charge in [0.15, 0.2) is 0 Å². The van der Waals surface area contributed by atoms with Gasteiger partial charge in [0.2, 0.25) is 5.92 Å². The van der Waals surface area contributed by atoms with E-state index in [1.165, 1.54) is 0 Å². The fourth-order valence-electron chi connectivity index (χ4n) is 3.12. The summed E-state index contributed by atoms with van der Waals surface area (Å²) in [6.45, 7) is 1.58. The van der Waals surface area contributed by atoms with Gasteiger partial charge in [-0.15, -0.1) is 0 Å². The highest BCUT2D eigenvalue weighted by molar-refractivity contribution is 6.06. The second kappa shape index (κ2) is 5.89. The van der Waals surface area contributed by atoms with Gasteiger partial charge >= 0.3 is 5.97 Å². The summed E-state index contributed by atoms with van der Waals surface area (Å²) < 4.78 is 32.4. The summed E-state index contributed by atoms with van der Waals surface area (Å²) in [4.78, 5) is 15.7. The van der Waals surface area contributed by atoms with Crippen molar-refractivity contribution in [2.24, 2.45) is 0 Å². The lowest BCUT2D eigenvalue weighted by Crippen LogP contribution is -2.30. The first kappa shape index (κ1) is 16.4. The van der Waals surface area contributed by atoms with Gasteiger partial charge in [0.05, 0.1) is 28.4 Å². The number of carbonyl (C=O) groups is 1. The van der Waals surface area contributed by atoms with Crippen LogP contribution in [-0.4, -0.2) is 28.1 Å². The number of benzene rings is 1. The Labute approximate surface area is 137 Å². The van der Waals surface area contributed by atoms with E-state index in [1.807, 2.05) is 0 Å². The molecular formula is C17H18F2N2O3. The van der Waals surface area contributed by atoms with Crippen molar-refractivity contribution in [1.29, 1.82) is 0 Å². The predicted molar refractivity (Wildman–Crippen MR) is 85.7 cm³/mol. The number of fused-ring (bicyclic) bond motifs is 1. The second-order valence-corrected chi connectivity index (χ2v) is 6.11. The van der Waals surface area contributed by atoms with Gasteiger partial charge in [0.1, 0.15) is 11.3 Å². The summed E-state index contributed by atoms with van der Waals surface area (Å²) in [7, 11) is 0. The van der Waals surface area contributed by atoms with E-state index in [2.05, 4.69) is 4.98 Å². The van der Waals surface area contributed by atoms with E-state index in [0.29, 0.717) is 22.3 Å². The van der Waals surface area contributed by atoms with Crippen molar-refractivity contribution in [1.82, 2.24) is 4.98 Å². The molecule has 2 aromatic rings. The number of rotatable bonds is 3. The molecule has 7 heteroatoms. The van der Waals surface area contributed by atoms with Crippen LogP contribution in [0.3, 0.4) is 0 Å². The normalized spacial score (nSPS) is 17.8. The molecule has 128 valence electrons. The van der Waals surface area contributed by atoms with E-state index < -0.39 is 11.9 Å². The van der Waals surface area contributed by atoms with E-state index in [9.17, 15) is 18.7 Å². The molecule has 0 saturated heterocycles. The van der Waals surface area contributed by atoms with Crippen LogP contribution >= 0.6 is 0 Å². The number of halogens is 2. The molecule has 1 fully saturated rings. The van der Waals surface area contributed by atoms with Gasteiger partial charge < -0.3 is 15.6 Å². The molecule has 1 aliphatic rings. The van der Waals surface area contributed by atoms with Gasteiger partial charge in [0, 0.05) is 12.8 Å². The molecule has 0 atom stereocenters. The standard InChI is InChI=1S/C17H18F2N2O3/c1-9-13(16(22)23)15(20)14-11(21-9)3-2-4-12(14)24-10-5-7-17(18,19)8-6-10/h2-4,10H,5-8H2,1H3,(H2,20,21)(H,22,23). The molecule has 0 unspecified atom stereocenters. The molecule has 1 aliphatic carbocycles. The molecule has 0 amide bonds. The number of nitrogens with zero attached hydrogens (tertiary/aromatic N) is 1. The number of carboxylic acids is 1. The Kier molecular flexibility index (Phi) is 4.03. The average Bonchev–Trinajstić information content (AvgIpc) is 2.48. The molecule has 1 heterocycles. The number of pyridine rings is 1. The third kappa shape index (κ3) is 2.98. The van der Waals surface area contributed by atoms with Crippen LogP contribution in [0.15, 0.2) is 18.2 Å². The van der Waals surface area contributed by atoms with Gasteiger partial charge in [-0.25, -0.2) is 13.6 Å². The highest BCUT2D eigenvalue weighted by atomic mass is 19.3. The fraction of sp³-hybridized carbons (Fsp3) is 0.412. The van der Waals surface area contributed by atoms with Crippen molar-refractivity contribution in [3.05, 3.63) is 29.5 Å². The molecule has 0 radical (unpaired) electrons. The number of nitrogens with two attached hydrogens (primary N) is 1. The van der Waals surface area contributed by atoms with Gasteiger partial charge in [-0.1, -0.05) is 6.07 Å². The van der Waals surface area contributed by atoms with E-state index >= 15 is 0 Å². The summed E-state index contributed by atoms with van der Waals surface area (Å²) in [5.41, 5.74) is 6.92. The number of aryl methyl sites for hydroxylation is 1. The zero-order valence-corrected chi connectivity index (χ0v) is 13.2. The third-order valence-electron chi connectivity index (χ3n) is 4.36. The number of anilines is 1. The summed E-state index contributed by atoms with van der Waals surface area (Å²) in [5, 5.41) is 9.75. The Bertz CT molecular complexity index is 798. The third-order valence-corrected chi connectivity index (χ3v) is 4.36. The Morgan fingerprint density at radius 1 is 1.38 bits per heavy atom.